The third kappa shape index (κ3) is 3.80. The van der Waals surface area contributed by atoms with Crippen LogP contribution in [0, 0.1) is 10.1 Å². The molecule has 1 saturated heterocycles. The maximum atomic E-state index is 10.8. The number of non-ortho nitro benzene ring substituents is 1. The highest BCUT2D eigenvalue weighted by Gasteiger charge is 2.20. The number of nitro benzene ring substituents is 1. The largest absolute Gasteiger partial charge is 0.382 e. The first-order valence-electron chi connectivity index (χ1n) is 8.08. The van der Waals surface area contributed by atoms with Crippen LogP contribution in [-0.2, 0) is 9.47 Å². The van der Waals surface area contributed by atoms with Gasteiger partial charge in [-0.05, 0) is 31.0 Å². The number of methoxy groups -OCH3 is 1. The monoisotopic (exact) mass is 331 g/mol. The van der Waals surface area contributed by atoms with Crippen LogP contribution >= 0.6 is 0 Å². The fourth-order valence-corrected chi connectivity index (χ4v) is 2.94. The normalized spacial score (nSPS) is 15.8. The third-order valence-electron chi connectivity index (χ3n) is 4.28. The van der Waals surface area contributed by atoms with Crippen molar-refractivity contribution in [1.29, 1.82) is 0 Å². The summed E-state index contributed by atoms with van der Waals surface area (Å²) in [5, 5.41) is 11.6. The van der Waals surface area contributed by atoms with Gasteiger partial charge in [0.15, 0.2) is 0 Å². The molecule has 0 saturated carbocycles. The van der Waals surface area contributed by atoms with Crippen LogP contribution in [0.1, 0.15) is 12.8 Å². The third-order valence-corrected chi connectivity index (χ3v) is 4.28. The lowest BCUT2D eigenvalue weighted by Gasteiger charge is -2.32. The first kappa shape index (κ1) is 16.6. The Balaban J connectivity index is 1.65. The molecule has 1 aliphatic rings. The average molecular weight is 331 g/mol. The molecule has 2 aromatic rings. The van der Waals surface area contributed by atoms with Crippen molar-refractivity contribution in [2.75, 3.05) is 38.3 Å². The molecule has 24 heavy (non-hydrogen) atoms. The summed E-state index contributed by atoms with van der Waals surface area (Å²) >= 11 is 0. The van der Waals surface area contributed by atoms with Crippen molar-refractivity contribution in [3.8, 4) is 0 Å². The molecule has 0 bridgehead atoms. The summed E-state index contributed by atoms with van der Waals surface area (Å²) in [6.07, 6.45) is 2.20. The van der Waals surface area contributed by atoms with Gasteiger partial charge in [0.05, 0.1) is 29.8 Å². The Morgan fingerprint density at radius 3 is 2.75 bits per heavy atom. The summed E-state index contributed by atoms with van der Waals surface area (Å²) in [6.45, 7) is 3.04. The zero-order chi connectivity index (χ0) is 16.9. The SMILES string of the molecule is COCCOC1CCN(c2ccc3cc([N+](=O)[O-])ccc3n2)CC1. The van der Waals surface area contributed by atoms with Gasteiger partial charge in [-0.25, -0.2) is 4.98 Å². The number of benzene rings is 1. The molecule has 7 nitrogen and oxygen atoms in total. The summed E-state index contributed by atoms with van der Waals surface area (Å²) in [7, 11) is 1.67. The van der Waals surface area contributed by atoms with Crippen LogP contribution in [0.5, 0.6) is 0 Å². The second kappa shape index (κ2) is 7.55. The van der Waals surface area contributed by atoms with Crippen LogP contribution in [0.2, 0.25) is 0 Å². The minimum absolute atomic E-state index is 0.0890. The van der Waals surface area contributed by atoms with E-state index in [-0.39, 0.29) is 16.7 Å². The number of hydrogen-bond donors (Lipinski definition) is 0. The smallest absolute Gasteiger partial charge is 0.270 e. The number of fused-ring (bicyclic) bond motifs is 1. The highest BCUT2D eigenvalue weighted by Crippen LogP contribution is 2.25. The fraction of sp³-hybridized carbons (Fsp3) is 0.471. The second-order valence-corrected chi connectivity index (χ2v) is 5.85. The molecular weight excluding hydrogens is 310 g/mol. The van der Waals surface area contributed by atoms with Crippen molar-refractivity contribution in [3.05, 3.63) is 40.4 Å². The minimum atomic E-state index is -0.387. The van der Waals surface area contributed by atoms with Crippen LogP contribution in [0.3, 0.4) is 0 Å². The summed E-state index contributed by atoms with van der Waals surface area (Å²) in [6, 6.07) is 8.58. The lowest BCUT2D eigenvalue weighted by molar-refractivity contribution is -0.384. The number of nitro groups is 1. The molecule has 1 aliphatic heterocycles. The van der Waals surface area contributed by atoms with Crippen molar-refractivity contribution in [2.45, 2.75) is 18.9 Å². The first-order valence-corrected chi connectivity index (χ1v) is 8.08. The van der Waals surface area contributed by atoms with Gasteiger partial charge in [0.1, 0.15) is 5.82 Å². The Morgan fingerprint density at radius 1 is 1.25 bits per heavy atom. The van der Waals surface area contributed by atoms with Crippen LogP contribution in [0.4, 0.5) is 11.5 Å². The molecule has 0 unspecified atom stereocenters. The van der Waals surface area contributed by atoms with Gasteiger partial charge in [-0.2, -0.15) is 0 Å². The molecular formula is C17H21N3O4. The summed E-state index contributed by atoms with van der Waals surface area (Å²) in [4.78, 5) is 17.3. The number of nitrogens with zero attached hydrogens (tertiary/aromatic N) is 3. The summed E-state index contributed by atoms with van der Waals surface area (Å²) in [5.74, 6) is 0.909. The molecule has 0 amide bonds. The second-order valence-electron chi connectivity index (χ2n) is 5.85. The molecule has 1 aromatic heterocycles. The average Bonchev–Trinajstić information content (AvgIpc) is 2.61. The van der Waals surface area contributed by atoms with Crippen LogP contribution in [0.15, 0.2) is 30.3 Å². The molecule has 0 aliphatic carbocycles. The molecule has 1 aromatic carbocycles. The fourth-order valence-electron chi connectivity index (χ4n) is 2.94. The zero-order valence-electron chi connectivity index (χ0n) is 13.7. The van der Waals surface area contributed by atoms with Crippen LogP contribution in [-0.4, -0.2) is 49.4 Å². The van der Waals surface area contributed by atoms with E-state index in [1.54, 1.807) is 19.2 Å². The number of ether oxygens (including phenoxy) is 2. The summed E-state index contributed by atoms with van der Waals surface area (Å²) < 4.78 is 10.8. The molecule has 1 fully saturated rings. The lowest BCUT2D eigenvalue weighted by atomic mass is 10.1. The van der Waals surface area contributed by atoms with Crippen molar-refractivity contribution in [3.63, 3.8) is 0 Å². The molecule has 128 valence electrons. The number of rotatable bonds is 6. The molecule has 2 heterocycles. The van der Waals surface area contributed by atoms with Crippen LogP contribution in [0.25, 0.3) is 10.9 Å². The van der Waals surface area contributed by atoms with Gasteiger partial charge in [0.2, 0.25) is 0 Å². The van der Waals surface area contributed by atoms with Gasteiger partial charge in [-0.1, -0.05) is 0 Å². The first-order chi connectivity index (χ1) is 11.7. The number of piperidine rings is 1. The van der Waals surface area contributed by atoms with E-state index in [1.165, 1.54) is 6.07 Å². The van der Waals surface area contributed by atoms with Gasteiger partial charge >= 0.3 is 0 Å². The molecule has 0 radical (unpaired) electrons. The van der Waals surface area contributed by atoms with E-state index in [9.17, 15) is 10.1 Å². The van der Waals surface area contributed by atoms with Crippen molar-refractivity contribution >= 4 is 22.4 Å². The van der Waals surface area contributed by atoms with E-state index in [1.807, 2.05) is 12.1 Å². The number of anilines is 1. The Bertz CT molecular complexity index is 714. The van der Waals surface area contributed by atoms with E-state index in [0.29, 0.717) is 13.2 Å². The molecule has 3 rings (SSSR count). The Morgan fingerprint density at radius 2 is 2.04 bits per heavy atom. The van der Waals surface area contributed by atoms with Crippen molar-refractivity contribution in [1.82, 2.24) is 4.98 Å². The number of hydrogen-bond acceptors (Lipinski definition) is 6. The van der Waals surface area contributed by atoms with E-state index in [2.05, 4.69) is 9.88 Å². The Kier molecular flexibility index (Phi) is 5.22. The maximum absolute atomic E-state index is 10.8. The highest BCUT2D eigenvalue weighted by atomic mass is 16.6. The van der Waals surface area contributed by atoms with E-state index in [4.69, 9.17) is 9.47 Å². The predicted octanol–water partition coefficient (Wildman–Crippen LogP) is 2.77. The van der Waals surface area contributed by atoms with Gasteiger partial charge < -0.3 is 14.4 Å². The van der Waals surface area contributed by atoms with E-state index >= 15 is 0 Å². The standard InChI is InChI=1S/C17H21N3O4/c1-23-10-11-24-15-6-8-19(9-7-15)17-5-2-13-12-14(20(21)22)3-4-16(13)18-17/h2-5,12,15H,6-11H2,1H3. The quantitative estimate of drug-likeness (QED) is 0.460. The number of aromatic nitrogens is 1. The Hall–Kier alpha value is -2.25. The molecule has 7 heteroatoms. The van der Waals surface area contributed by atoms with Crippen LogP contribution < -0.4 is 4.90 Å². The highest BCUT2D eigenvalue weighted by molar-refractivity contribution is 5.82. The topological polar surface area (TPSA) is 77.7 Å². The maximum Gasteiger partial charge on any atom is 0.270 e. The number of pyridine rings is 1. The summed E-state index contributed by atoms with van der Waals surface area (Å²) in [5.41, 5.74) is 0.864. The van der Waals surface area contributed by atoms with Gasteiger partial charge in [-0.3, -0.25) is 10.1 Å². The predicted molar refractivity (Wildman–Crippen MR) is 91.5 cm³/mol. The minimum Gasteiger partial charge on any atom is -0.382 e. The zero-order valence-corrected chi connectivity index (χ0v) is 13.7. The van der Waals surface area contributed by atoms with Gasteiger partial charge in [0, 0.05) is 37.7 Å². The van der Waals surface area contributed by atoms with E-state index in [0.717, 1.165) is 42.7 Å². The van der Waals surface area contributed by atoms with Gasteiger partial charge in [0.25, 0.3) is 5.69 Å². The molecule has 0 spiro atoms. The lowest BCUT2D eigenvalue weighted by Crippen LogP contribution is -2.37. The van der Waals surface area contributed by atoms with E-state index < -0.39 is 0 Å². The van der Waals surface area contributed by atoms with Gasteiger partial charge in [-0.15, -0.1) is 0 Å². The Labute approximate surface area is 140 Å². The molecule has 0 N–H and O–H groups in total. The van der Waals surface area contributed by atoms with Crippen molar-refractivity contribution < 1.29 is 14.4 Å². The molecule has 0 atom stereocenters. The van der Waals surface area contributed by atoms with Crippen molar-refractivity contribution in [2.24, 2.45) is 0 Å².